The summed E-state index contributed by atoms with van der Waals surface area (Å²) in [5.41, 5.74) is -12.9. The van der Waals surface area contributed by atoms with Gasteiger partial charge in [-0.1, -0.05) is 0 Å². The summed E-state index contributed by atoms with van der Waals surface area (Å²) in [6.45, 7) is -1.57. The molecule has 14 N–H and O–H groups in total. The Labute approximate surface area is 249 Å². The van der Waals surface area contributed by atoms with E-state index in [2.05, 4.69) is 0 Å². The van der Waals surface area contributed by atoms with Crippen LogP contribution in [0.2, 0.25) is 0 Å². The van der Waals surface area contributed by atoms with Gasteiger partial charge in [0.05, 0.1) is 6.61 Å². The first-order chi connectivity index (χ1) is 20.7. The van der Waals surface area contributed by atoms with Gasteiger partial charge in [0.2, 0.25) is 28.7 Å². The number of carbonyl (C=O) groups excluding carboxylic acids is 4. The average Bonchev–Trinajstić information content (AvgIpc) is 3.00. The van der Waals surface area contributed by atoms with Crippen LogP contribution in [0.25, 0.3) is 0 Å². The fourth-order valence-electron chi connectivity index (χ4n) is 4.27. The van der Waals surface area contributed by atoms with Gasteiger partial charge in [-0.3, -0.25) is 19.2 Å². The van der Waals surface area contributed by atoms with E-state index in [-0.39, 0.29) is 24.3 Å². The van der Waals surface area contributed by atoms with E-state index in [4.69, 9.17) is 0 Å². The third-order valence-corrected chi connectivity index (χ3v) is 6.74. The van der Waals surface area contributed by atoms with Crippen LogP contribution in [0.5, 0.6) is 51.7 Å². The van der Waals surface area contributed by atoms with Crippen LogP contribution < -0.4 is 0 Å². The molecular formula is C27H24O18. The Morgan fingerprint density at radius 1 is 0.556 bits per heavy atom. The smallest absolute Gasteiger partial charge is 0.246 e. The van der Waals surface area contributed by atoms with E-state index in [1.807, 2.05) is 0 Å². The minimum Gasteiger partial charge on any atom is -0.504 e. The zero-order valence-corrected chi connectivity index (χ0v) is 22.2. The van der Waals surface area contributed by atoms with Crippen molar-refractivity contribution in [2.45, 2.75) is 23.4 Å². The van der Waals surface area contributed by atoms with Gasteiger partial charge in [0.25, 0.3) is 0 Å². The van der Waals surface area contributed by atoms with Crippen molar-refractivity contribution in [3.63, 3.8) is 0 Å². The molecule has 0 unspecified atom stereocenters. The quantitative estimate of drug-likeness (QED) is 0.0456. The molecule has 0 radical (unpaired) electrons. The minimum absolute atomic E-state index is 0.246. The van der Waals surface area contributed by atoms with Crippen molar-refractivity contribution in [3.05, 3.63) is 53.1 Å². The molecule has 18 nitrogen and oxygen atoms in total. The summed E-state index contributed by atoms with van der Waals surface area (Å²) in [5, 5.41) is 142. The Hall–Kier alpha value is -5.66. The van der Waals surface area contributed by atoms with Crippen LogP contribution in [0.4, 0.5) is 0 Å². The van der Waals surface area contributed by atoms with E-state index < -0.39 is 122 Å². The Morgan fingerprint density at radius 3 is 1.20 bits per heavy atom. The molecule has 0 saturated heterocycles. The SMILES string of the molecule is O=C(C(=O)[C@@](O)(C(=O)c1cc(O)c(O)c(O)c1)[C@](O)(C(=O)c1cc(O)c(O)c(O)c1)[C@H](O)[C@H](O)CO)c1cc(O)c(O)c(O)c1. The molecule has 3 aromatic rings. The highest BCUT2D eigenvalue weighted by Gasteiger charge is 2.69. The largest absolute Gasteiger partial charge is 0.504 e. The molecule has 18 heteroatoms. The molecule has 3 aromatic carbocycles. The Balaban J connectivity index is 2.47. The number of hydrogen-bond donors (Lipinski definition) is 14. The highest BCUT2D eigenvalue weighted by Crippen LogP contribution is 2.43. The average molecular weight is 636 g/mol. The van der Waals surface area contributed by atoms with Gasteiger partial charge < -0.3 is 71.5 Å². The van der Waals surface area contributed by atoms with Crippen LogP contribution in [-0.4, -0.2) is 125 Å². The number of Topliss-reactive ketones (excluding diaryl/α,β-unsaturated/α-hetero) is 4. The fourth-order valence-corrected chi connectivity index (χ4v) is 4.27. The van der Waals surface area contributed by atoms with Crippen LogP contribution in [0, 0.1) is 0 Å². The van der Waals surface area contributed by atoms with Crippen LogP contribution in [0.3, 0.4) is 0 Å². The maximum atomic E-state index is 13.9. The second-order valence-electron chi connectivity index (χ2n) is 9.58. The lowest BCUT2D eigenvalue weighted by Gasteiger charge is -2.43. The number of phenolic OH excluding ortho intramolecular Hbond substituents is 9. The molecule has 0 aliphatic rings. The first-order valence-corrected chi connectivity index (χ1v) is 12.1. The number of aliphatic hydroxyl groups excluding tert-OH is 3. The van der Waals surface area contributed by atoms with Crippen molar-refractivity contribution in [3.8, 4) is 51.7 Å². The lowest BCUT2D eigenvalue weighted by atomic mass is 9.66. The van der Waals surface area contributed by atoms with Crippen molar-refractivity contribution in [1.29, 1.82) is 0 Å². The second-order valence-corrected chi connectivity index (χ2v) is 9.58. The van der Waals surface area contributed by atoms with Crippen molar-refractivity contribution in [1.82, 2.24) is 0 Å². The summed E-state index contributed by atoms with van der Waals surface area (Å²) in [5.74, 6) is -20.8. The normalized spacial score (nSPS) is 15.3. The predicted molar refractivity (Wildman–Crippen MR) is 141 cm³/mol. The maximum Gasteiger partial charge on any atom is 0.246 e. The molecule has 0 aliphatic heterocycles. The number of ketones is 4. The van der Waals surface area contributed by atoms with Crippen molar-refractivity contribution in [2.24, 2.45) is 0 Å². The molecule has 45 heavy (non-hydrogen) atoms. The Kier molecular flexibility index (Phi) is 8.86. The first kappa shape index (κ1) is 33.8. The Morgan fingerprint density at radius 2 is 0.867 bits per heavy atom. The highest BCUT2D eigenvalue weighted by atomic mass is 16.4. The molecular weight excluding hydrogens is 612 g/mol. The fraction of sp³-hybridized carbons (Fsp3) is 0.185. The standard InChI is InChI=1S/C27H24O18/c28-7-17(35)24(42)26(44,22(40)9-3-13(31)20(38)14(32)4-9)27(45,23(41)10-5-15(33)21(39)16(34)6-10)25(43)18(36)8-1-11(29)19(37)12(30)2-8/h1-6,17,24,28-35,37-39,42,44-45H,7H2/t17-,24-,26+,27+/m1/s1. The van der Waals surface area contributed by atoms with Crippen LogP contribution in [0.1, 0.15) is 31.1 Å². The van der Waals surface area contributed by atoms with Crippen molar-refractivity contribution < 1.29 is 90.7 Å². The van der Waals surface area contributed by atoms with Gasteiger partial charge in [0, 0.05) is 16.7 Å². The monoisotopic (exact) mass is 636 g/mol. The molecule has 0 aliphatic carbocycles. The second kappa shape index (κ2) is 11.8. The summed E-state index contributed by atoms with van der Waals surface area (Å²) in [6, 6.07) is 1.66. The summed E-state index contributed by atoms with van der Waals surface area (Å²) < 4.78 is 0. The highest BCUT2D eigenvalue weighted by molar-refractivity contribution is 6.52. The van der Waals surface area contributed by atoms with Gasteiger partial charge in [-0.15, -0.1) is 0 Å². The molecule has 3 rings (SSSR count). The van der Waals surface area contributed by atoms with Crippen LogP contribution >= 0.6 is 0 Å². The first-order valence-electron chi connectivity index (χ1n) is 12.1. The van der Waals surface area contributed by atoms with E-state index in [0.29, 0.717) is 12.1 Å². The maximum absolute atomic E-state index is 13.9. The van der Waals surface area contributed by atoms with Gasteiger partial charge in [0.1, 0.15) is 12.2 Å². The zero-order valence-electron chi connectivity index (χ0n) is 22.2. The van der Waals surface area contributed by atoms with Gasteiger partial charge in [-0.25, -0.2) is 0 Å². The molecule has 0 spiro atoms. The van der Waals surface area contributed by atoms with Gasteiger partial charge >= 0.3 is 0 Å². The Bertz CT molecular complexity index is 1660. The number of hydrogen-bond acceptors (Lipinski definition) is 18. The molecule has 0 fully saturated rings. The van der Waals surface area contributed by atoms with Gasteiger partial charge in [-0.2, -0.15) is 0 Å². The van der Waals surface area contributed by atoms with Crippen molar-refractivity contribution >= 4 is 23.1 Å². The summed E-state index contributed by atoms with van der Waals surface area (Å²) in [4.78, 5) is 54.8. The number of benzene rings is 3. The topological polar surface area (TPSA) is 352 Å². The summed E-state index contributed by atoms with van der Waals surface area (Å²) in [7, 11) is 0. The number of phenols is 9. The van der Waals surface area contributed by atoms with E-state index in [1.165, 1.54) is 0 Å². The molecule has 0 bridgehead atoms. The number of aliphatic hydroxyl groups is 5. The zero-order chi connectivity index (χ0) is 34.3. The number of aromatic hydroxyl groups is 9. The van der Waals surface area contributed by atoms with E-state index >= 15 is 0 Å². The van der Waals surface area contributed by atoms with Crippen LogP contribution in [-0.2, 0) is 4.79 Å². The number of rotatable bonds is 11. The van der Waals surface area contributed by atoms with Crippen LogP contribution in [0.15, 0.2) is 36.4 Å². The molecule has 0 saturated carbocycles. The lowest BCUT2D eigenvalue weighted by Crippen LogP contribution is -2.75. The van der Waals surface area contributed by atoms with E-state index in [0.717, 1.165) is 0 Å². The van der Waals surface area contributed by atoms with Gasteiger partial charge in [-0.05, 0) is 36.4 Å². The molecule has 0 amide bonds. The van der Waals surface area contributed by atoms with Gasteiger partial charge in [0.15, 0.2) is 57.3 Å². The lowest BCUT2D eigenvalue weighted by molar-refractivity contribution is -0.185. The molecule has 0 heterocycles. The summed E-state index contributed by atoms with van der Waals surface area (Å²) >= 11 is 0. The molecule has 240 valence electrons. The third kappa shape index (κ3) is 5.34. The number of carbonyl (C=O) groups is 4. The minimum atomic E-state index is -4.72. The van der Waals surface area contributed by atoms with Crippen molar-refractivity contribution in [2.75, 3.05) is 6.61 Å². The predicted octanol–water partition coefficient (Wildman–Crippen LogP) is -2.27. The molecule has 0 aromatic heterocycles. The third-order valence-electron chi connectivity index (χ3n) is 6.74. The van der Waals surface area contributed by atoms with E-state index in [9.17, 15) is 90.7 Å². The van der Waals surface area contributed by atoms with E-state index in [1.54, 1.807) is 0 Å². The molecule has 4 atom stereocenters. The summed E-state index contributed by atoms with van der Waals surface area (Å²) in [6.07, 6.45) is -6.09.